The Labute approximate surface area is 75.5 Å². The fraction of sp³-hybridized carbons (Fsp3) is 0.286. The number of nitrogens with zero attached hydrogens (tertiary/aromatic N) is 2. The molecule has 0 amide bonds. The van der Waals surface area contributed by atoms with Crippen LogP contribution in [0.2, 0.25) is 0 Å². The minimum Gasteiger partial charge on any atom is -0.462 e. The SMILES string of the molecule is CCOC(=O)C(C#N)=CN=C(N)N. The van der Waals surface area contributed by atoms with Gasteiger partial charge in [0.15, 0.2) is 11.5 Å². The van der Waals surface area contributed by atoms with Gasteiger partial charge < -0.3 is 16.2 Å². The van der Waals surface area contributed by atoms with E-state index in [1.54, 1.807) is 13.0 Å². The average molecular weight is 182 g/mol. The zero-order valence-corrected chi connectivity index (χ0v) is 7.15. The van der Waals surface area contributed by atoms with Gasteiger partial charge >= 0.3 is 5.97 Å². The molecule has 0 fully saturated rings. The van der Waals surface area contributed by atoms with Crippen LogP contribution in [0.1, 0.15) is 6.92 Å². The second-order valence-electron chi connectivity index (χ2n) is 1.93. The van der Waals surface area contributed by atoms with Gasteiger partial charge in [0.25, 0.3) is 0 Å². The molecule has 6 heteroatoms. The summed E-state index contributed by atoms with van der Waals surface area (Å²) in [7, 11) is 0. The summed E-state index contributed by atoms with van der Waals surface area (Å²) in [5.41, 5.74) is 9.74. The predicted octanol–water partition coefficient (Wildman–Crippen LogP) is -0.770. The summed E-state index contributed by atoms with van der Waals surface area (Å²) in [5, 5.41) is 8.47. The molecule has 0 radical (unpaired) electrons. The monoisotopic (exact) mass is 182 g/mol. The molecule has 0 saturated heterocycles. The van der Waals surface area contributed by atoms with E-state index in [1.165, 1.54) is 0 Å². The first-order valence-electron chi connectivity index (χ1n) is 3.48. The number of rotatable bonds is 3. The normalized spacial score (nSPS) is 10.0. The number of ether oxygens (including phenoxy) is 1. The number of nitrogens with two attached hydrogens (primary N) is 2. The lowest BCUT2D eigenvalue weighted by molar-refractivity contribution is -0.138. The van der Waals surface area contributed by atoms with Crippen LogP contribution < -0.4 is 11.5 Å². The summed E-state index contributed by atoms with van der Waals surface area (Å²) >= 11 is 0. The molecule has 0 aromatic rings. The second kappa shape index (κ2) is 5.60. The Balaban J connectivity index is 4.53. The van der Waals surface area contributed by atoms with Gasteiger partial charge in [0.1, 0.15) is 6.07 Å². The third-order valence-corrected chi connectivity index (χ3v) is 0.959. The summed E-state index contributed by atoms with van der Waals surface area (Å²) in [4.78, 5) is 14.3. The molecule has 0 bridgehead atoms. The van der Waals surface area contributed by atoms with Gasteiger partial charge in [-0.05, 0) is 6.92 Å². The van der Waals surface area contributed by atoms with Gasteiger partial charge in [-0.15, -0.1) is 0 Å². The average Bonchev–Trinajstić information content (AvgIpc) is 2.05. The van der Waals surface area contributed by atoms with Crippen LogP contribution in [0, 0.1) is 11.3 Å². The van der Waals surface area contributed by atoms with Crippen molar-refractivity contribution in [2.45, 2.75) is 6.92 Å². The van der Waals surface area contributed by atoms with Crippen molar-refractivity contribution in [3.8, 4) is 6.07 Å². The number of aliphatic imine (C=N–C) groups is 1. The predicted molar refractivity (Wildman–Crippen MR) is 46.1 cm³/mol. The third-order valence-electron chi connectivity index (χ3n) is 0.959. The lowest BCUT2D eigenvalue weighted by atomic mass is 10.3. The molecule has 0 aromatic heterocycles. The highest BCUT2D eigenvalue weighted by molar-refractivity contribution is 5.93. The number of carbonyl (C=O) groups excluding carboxylic acids is 1. The molecular formula is C7H10N4O2. The van der Waals surface area contributed by atoms with Gasteiger partial charge in [-0.25, -0.2) is 9.79 Å². The summed E-state index contributed by atoms with van der Waals surface area (Å²) < 4.78 is 4.55. The highest BCUT2D eigenvalue weighted by atomic mass is 16.5. The molecule has 0 aromatic carbocycles. The number of nitriles is 1. The van der Waals surface area contributed by atoms with Crippen LogP contribution in [0.15, 0.2) is 16.8 Å². The molecule has 0 atom stereocenters. The third kappa shape index (κ3) is 4.42. The zero-order valence-electron chi connectivity index (χ0n) is 7.15. The van der Waals surface area contributed by atoms with Crippen LogP contribution in [-0.4, -0.2) is 18.5 Å². The standard InChI is InChI=1S/C7H10N4O2/c1-2-13-6(12)5(3-8)4-11-7(9)10/h4H,2H2,1H3,(H4,9,10,11). The smallest absolute Gasteiger partial charge is 0.350 e. The first-order chi connectivity index (χ1) is 6.11. The van der Waals surface area contributed by atoms with Gasteiger partial charge in [0.2, 0.25) is 0 Å². The number of guanidine groups is 1. The summed E-state index contributed by atoms with van der Waals surface area (Å²) in [6.45, 7) is 1.83. The maximum Gasteiger partial charge on any atom is 0.350 e. The second-order valence-corrected chi connectivity index (χ2v) is 1.93. The minimum atomic E-state index is -0.741. The number of hydrogen-bond donors (Lipinski definition) is 2. The van der Waals surface area contributed by atoms with E-state index < -0.39 is 5.97 Å². The van der Waals surface area contributed by atoms with Gasteiger partial charge in [-0.1, -0.05) is 0 Å². The molecule has 0 spiro atoms. The van der Waals surface area contributed by atoms with E-state index >= 15 is 0 Å². The van der Waals surface area contributed by atoms with E-state index in [-0.39, 0.29) is 18.1 Å². The molecule has 0 heterocycles. The molecule has 0 rings (SSSR count). The van der Waals surface area contributed by atoms with Gasteiger partial charge in [0.05, 0.1) is 12.8 Å². The van der Waals surface area contributed by atoms with Crippen molar-refractivity contribution in [3.05, 3.63) is 11.8 Å². The van der Waals surface area contributed by atoms with E-state index in [4.69, 9.17) is 16.7 Å². The zero-order chi connectivity index (χ0) is 10.3. The van der Waals surface area contributed by atoms with Gasteiger partial charge in [-0.2, -0.15) is 5.26 Å². The largest absolute Gasteiger partial charge is 0.462 e. The van der Waals surface area contributed by atoms with E-state index in [2.05, 4.69) is 9.73 Å². The molecule has 4 N–H and O–H groups in total. The van der Waals surface area contributed by atoms with E-state index in [0.29, 0.717) is 0 Å². The lowest BCUT2D eigenvalue weighted by Crippen LogP contribution is -2.22. The molecule has 6 nitrogen and oxygen atoms in total. The quantitative estimate of drug-likeness (QED) is 0.195. The maximum atomic E-state index is 10.9. The first kappa shape index (κ1) is 11.0. The maximum absolute atomic E-state index is 10.9. The molecule has 13 heavy (non-hydrogen) atoms. The van der Waals surface area contributed by atoms with Crippen molar-refractivity contribution in [1.29, 1.82) is 5.26 Å². The lowest BCUT2D eigenvalue weighted by Gasteiger charge is -1.97. The topological polar surface area (TPSA) is 114 Å². The van der Waals surface area contributed by atoms with E-state index in [0.717, 1.165) is 6.20 Å². The van der Waals surface area contributed by atoms with Crippen molar-refractivity contribution in [1.82, 2.24) is 0 Å². The van der Waals surface area contributed by atoms with Crippen LogP contribution in [0.4, 0.5) is 0 Å². The molecule has 70 valence electrons. The Hall–Kier alpha value is -2.03. The Kier molecular flexibility index (Phi) is 4.72. The van der Waals surface area contributed by atoms with Crippen molar-refractivity contribution in [2.24, 2.45) is 16.5 Å². The van der Waals surface area contributed by atoms with Gasteiger partial charge in [0, 0.05) is 0 Å². The van der Waals surface area contributed by atoms with Crippen LogP contribution in [0.5, 0.6) is 0 Å². The summed E-state index contributed by atoms with van der Waals surface area (Å²) in [6, 6.07) is 1.61. The Morgan fingerprint density at radius 3 is 2.69 bits per heavy atom. The fourth-order valence-corrected chi connectivity index (χ4v) is 0.475. The van der Waals surface area contributed by atoms with Crippen LogP contribution in [0.3, 0.4) is 0 Å². The minimum absolute atomic E-state index is 0.194. The van der Waals surface area contributed by atoms with E-state index in [9.17, 15) is 4.79 Å². The van der Waals surface area contributed by atoms with E-state index in [1.807, 2.05) is 0 Å². The molecule has 0 saturated carbocycles. The van der Waals surface area contributed by atoms with Crippen molar-refractivity contribution < 1.29 is 9.53 Å². The Morgan fingerprint density at radius 1 is 1.69 bits per heavy atom. The Bertz CT molecular complexity index is 283. The number of hydrogen-bond acceptors (Lipinski definition) is 4. The highest BCUT2D eigenvalue weighted by Crippen LogP contribution is 1.96. The molecule has 0 aliphatic carbocycles. The highest BCUT2D eigenvalue weighted by Gasteiger charge is 2.08. The number of carbonyl (C=O) groups is 1. The Morgan fingerprint density at radius 2 is 2.31 bits per heavy atom. The van der Waals surface area contributed by atoms with Crippen molar-refractivity contribution in [3.63, 3.8) is 0 Å². The van der Waals surface area contributed by atoms with Gasteiger partial charge in [-0.3, -0.25) is 0 Å². The molecular weight excluding hydrogens is 172 g/mol. The van der Waals surface area contributed by atoms with Crippen molar-refractivity contribution in [2.75, 3.05) is 6.61 Å². The molecule has 0 aliphatic heterocycles. The number of esters is 1. The van der Waals surface area contributed by atoms with Crippen molar-refractivity contribution >= 4 is 11.9 Å². The van der Waals surface area contributed by atoms with Crippen LogP contribution in [0.25, 0.3) is 0 Å². The van der Waals surface area contributed by atoms with Crippen LogP contribution in [-0.2, 0) is 9.53 Å². The fourth-order valence-electron chi connectivity index (χ4n) is 0.475. The summed E-state index contributed by atoms with van der Waals surface area (Å²) in [5.74, 6) is -0.966. The summed E-state index contributed by atoms with van der Waals surface area (Å²) in [6.07, 6.45) is 0.966. The first-order valence-corrected chi connectivity index (χ1v) is 3.48. The molecule has 0 aliphatic rings. The molecule has 0 unspecified atom stereocenters. The van der Waals surface area contributed by atoms with Crippen LogP contribution >= 0.6 is 0 Å².